The lowest BCUT2D eigenvalue weighted by Gasteiger charge is -2.22. The number of phenols is 1. The Kier molecular flexibility index (Phi) is 15.3. The number of hydrogen-bond acceptors (Lipinski definition) is 12. The zero-order valence-electron chi connectivity index (χ0n) is 32.2. The SMILES string of the molecule is COC(=O)C(=O)N(OC(=O)C(=O)Nc1cc(Br)c(Oc2cc(C(C)C)c(O)cc2C(C)=O)c(Br)c1)c1cc(Br)c(Oc2cc(C(C)C)c(OC)cc2C(C)=O)c(Br)c1. The second kappa shape index (κ2) is 19.3. The molecule has 0 aliphatic rings. The van der Waals surface area contributed by atoms with E-state index in [0.717, 1.165) is 12.7 Å². The number of esters is 1. The molecule has 18 heteroatoms. The summed E-state index contributed by atoms with van der Waals surface area (Å²) < 4.78 is 23.2. The number of ketones is 2. The summed E-state index contributed by atoms with van der Waals surface area (Å²) in [5, 5.41) is 13.1. The Bertz CT molecular complexity index is 2300. The number of methoxy groups -OCH3 is 2. The second-order valence-corrected chi connectivity index (χ2v) is 16.5. The maximum atomic E-state index is 13.2. The van der Waals surface area contributed by atoms with Crippen LogP contribution >= 0.6 is 63.7 Å². The molecule has 0 bridgehead atoms. The summed E-state index contributed by atoms with van der Waals surface area (Å²) in [5.41, 5.74) is 1.54. The van der Waals surface area contributed by atoms with Gasteiger partial charge in [0.25, 0.3) is 0 Å². The van der Waals surface area contributed by atoms with Gasteiger partial charge in [-0.1, -0.05) is 27.7 Å². The van der Waals surface area contributed by atoms with Gasteiger partial charge in [0.2, 0.25) is 0 Å². The molecule has 0 unspecified atom stereocenters. The Hall–Kier alpha value is -4.78. The topological polar surface area (TPSA) is 184 Å². The summed E-state index contributed by atoms with van der Waals surface area (Å²) in [6.45, 7) is 10.3. The van der Waals surface area contributed by atoms with Crippen LogP contribution < -0.4 is 24.6 Å². The van der Waals surface area contributed by atoms with Crippen molar-refractivity contribution in [2.24, 2.45) is 0 Å². The number of anilines is 2. The van der Waals surface area contributed by atoms with Crippen LogP contribution in [0.25, 0.3) is 0 Å². The molecule has 0 heterocycles. The summed E-state index contributed by atoms with van der Waals surface area (Å²) in [4.78, 5) is 82.0. The maximum absolute atomic E-state index is 13.2. The first-order valence-electron chi connectivity index (χ1n) is 17.1. The summed E-state index contributed by atoms with van der Waals surface area (Å²) >= 11 is 13.5. The molecule has 14 nitrogen and oxygen atoms in total. The first-order chi connectivity index (χ1) is 27.2. The Balaban J connectivity index is 1.62. The van der Waals surface area contributed by atoms with Gasteiger partial charge in [0.1, 0.15) is 23.0 Å². The molecule has 58 heavy (non-hydrogen) atoms. The van der Waals surface area contributed by atoms with Crippen LogP contribution in [0, 0.1) is 0 Å². The number of hydroxylamine groups is 1. The molecule has 0 atom stereocenters. The van der Waals surface area contributed by atoms with Crippen molar-refractivity contribution >= 4 is 110 Å². The zero-order valence-corrected chi connectivity index (χ0v) is 38.5. The van der Waals surface area contributed by atoms with Gasteiger partial charge in [-0.3, -0.25) is 19.2 Å². The van der Waals surface area contributed by atoms with Crippen molar-refractivity contribution in [3.05, 3.63) is 88.7 Å². The first-order valence-corrected chi connectivity index (χ1v) is 20.3. The highest BCUT2D eigenvalue weighted by Gasteiger charge is 2.32. The second-order valence-electron chi connectivity index (χ2n) is 13.1. The number of halogens is 4. The van der Waals surface area contributed by atoms with Gasteiger partial charge in [-0.2, -0.15) is 0 Å². The lowest BCUT2D eigenvalue weighted by atomic mass is 9.98. The summed E-state index contributed by atoms with van der Waals surface area (Å²) in [5.74, 6) is -5.38. The molecule has 2 N–H and O–H groups in total. The van der Waals surface area contributed by atoms with Crippen molar-refractivity contribution in [3.8, 4) is 34.5 Å². The number of phenolic OH excluding ortho intramolecular Hbond substituents is 1. The van der Waals surface area contributed by atoms with E-state index >= 15 is 0 Å². The van der Waals surface area contributed by atoms with Gasteiger partial charge in [-0.05, 0) is 138 Å². The smallest absolute Gasteiger partial charge is 0.421 e. The van der Waals surface area contributed by atoms with E-state index in [1.807, 2.05) is 27.7 Å². The lowest BCUT2D eigenvalue weighted by Crippen LogP contribution is -2.41. The quantitative estimate of drug-likeness (QED) is 0.0628. The van der Waals surface area contributed by atoms with Gasteiger partial charge < -0.3 is 34.2 Å². The number of carbonyl (C=O) groups is 6. The number of rotatable bonds is 11. The van der Waals surface area contributed by atoms with E-state index in [4.69, 9.17) is 19.0 Å². The van der Waals surface area contributed by atoms with Crippen LogP contribution in [-0.4, -0.2) is 54.6 Å². The van der Waals surface area contributed by atoms with Crippen molar-refractivity contribution in [2.45, 2.75) is 53.4 Å². The van der Waals surface area contributed by atoms with Crippen LogP contribution in [0.4, 0.5) is 11.4 Å². The number of ether oxygens (including phenoxy) is 4. The zero-order chi connectivity index (χ0) is 43.3. The molecule has 0 radical (unpaired) electrons. The number of nitrogens with one attached hydrogen (secondary N) is 1. The highest BCUT2D eigenvalue weighted by atomic mass is 79.9. The summed E-state index contributed by atoms with van der Waals surface area (Å²) in [6, 6.07) is 11.5. The monoisotopic (exact) mass is 1050 g/mol. The number of hydrogen-bond donors (Lipinski definition) is 2. The largest absolute Gasteiger partial charge is 0.508 e. The fourth-order valence-corrected chi connectivity index (χ4v) is 8.04. The minimum absolute atomic E-state index is 0.00530. The van der Waals surface area contributed by atoms with Gasteiger partial charge in [0.05, 0.1) is 48.9 Å². The molecule has 4 aromatic rings. The molecule has 0 aliphatic carbocycles. The Labute approximate surface area is 367 Å². The fourth-order valence-electron chi connectivity index (χ4n) is 5.37. The van der Waals surface area contributed by atoms with Crippen molar-refractivity contribution in [1.29, 1.82) is 0 Å². The average Bonchev–Trinajstić information content (AvgIpc) is 3.15. The molecular formula is C40H36Br4N2O12. The van der Waals surface area contributed by atoms with Gasteiger partial charge in [-0.15, -0.1) is 5.06 Å². The van der Waals surface area contributed by atoms with E-state index in [2.05, 4.69) is 73.8 Å². The van der Waals surface area contributed by atoms with Crippen LogP contribution in [0.2, 0.25) is 0 Å². The number of benzene rings is 4. The lowest BCUT2D eigenvalue weighted by molar-refractivity contribution is -0.162. The third kappa shape index (κ3) is 10.4. The summed E-state index contributed by atoms with van der Waals surface area (Å²) in [6.07, 6.45) is 0. The standard InChI is InChI=1S/C40H36Br4N2O12/c1-17(2)23-14-33(25(19(5)47)13-31(23)49)56-35-27(41)9-21(10-28(35)42)45-37(50)39(52)58-46(38(51)40(53)55-8)22-11-29(43)36(30(44)12-22)57-34-15-24(18(3)4)32(54-7)16-26(34)20(6)48/h9-18,49H,1-8H3,(H,45,50). The predicted molar refractivity (Wildman–Crippen MR) is 227 cm³/mol. The Morgan fingerprint density at radius 3 is 1.55 bits per heavy atom. The molecule has 4 rings (SSSR count). The van der Waals surface area contributed by atoms with E-state index in [1.165, 1.54) is 51.3 Å². The Morgan fingerprint density at radius 2 is 1.10 bits per heavy atom. The molecule has 0 aliphatic heterocycles. The molecule has 306 valence electrons. The molecule has 2 amide bonds. The van der Waals surface area contributed by atoms with Crippen molar-refractivity contribution < 1.29 is 57.7 Å². The normalized spacial score (nSPS) is 10.9. The molecule has 0 saturated carbocycles. The van der Waals surface area contributed by atoms with E-state index in [1.54, 1.807) is 18.2 Å². The van der Waals surface area contributed by atoms with Crippen LogP contribution in [0.1, 0.15) is 85.2 Å². The molecule has 0 spiro atoms. The van der Waals surface area contributed by atoms with Crippen LogP contribution in [0.3, 0.4) is 0 Å². The van der Waals surface area contributed by atoms with Gasteiger partial charge in [-0.25, -0.2) is 9.59 Å². The molecule has 0 fully saturated rings. The number of nitrogens with zero attached hydrogens (tertiary/aromatic N) is 1. The molecule has 0 aromatic heterocycles. The summed E-state index contributed by atoms with van der Waals surface area (Å²) in [7, 11) is 2.44. The Morgan fingerprint density at radius 1 is 0.638 bits per heavy atom. The third-order valence-electron chi connectivity index (χ3n) is 8.27. The van der Waals surface area contributed by atoms with Crippen molar-refractivity contribution in [2.75, 3.05) is 24.6 Å². The van der Waals surface area contributed by atoms with Crippen LogP contribution in [-0.2, 0) is 28.8 Å². The highest BCUT2D eigenvalue weighted by molar-refractivity contribution is 9.11. The molecular weight excluding hydrogens is 1020 g/mol. The minimum Gasteiger partial charge on any atom is -0.508 e. The fraction of sp³-hybridized carbons (Fsp3) is 0.250. The van der Waals surface area contributed by atoms with Crippen molar-refractivity contribution in [1.82, 2.24) is 0 Å². The van der Waals surface area contributed by atoms with Gasteiger partial charge in [0, 0.05) is 16.8 Å². The minimum atomic E-state index is -1.60. The first kappa shape index (κ1) is 45.9. The van der Waals surface area contributed by atoms with Crippen molar-refractivity contribution in [3.63, 3.8) is 0 Å². The van der Waals surface area contributed by atoms with E-state index < -0.39 is 23.8 Å². The van der Waals surface area contributed by atoms with Crippen LogP contribution in [0.15, 0.2) is 66.4 Å². The number of carbonyl (C=O) groups excluding carboxylic acids is 6. The predicted octanol–water partition coefficient (Wildman–Crippen LogP) is 10.3. The number of aromatic hydroxyl groups is 1. The molecule has 4 aromatic carbocycles. The maximum Gasteiger partial charge on any atom is 0.421 e. The van der Waals surface area contributed by atoms with Gasteiger partial charge >= 0.3 is 23.8 Å². The van der Waals surface area contributed by atoms with E-state index in [0.29, 0.717) is 11.3 Å². The van der Waals surface area contributed by atoms with Gasteiger partial charge in [0.15, 0.2) is 23.1 Å². The molecule has 0 saturated heterocycles. The average molecular weight is 1060 g/mol. The van der Waals surface area contributed by atoms with E-state index in [9.17, 15) is 33.9 Å². The number of amides is 2. The third-order valence-corrected chi connectivity index (χ3v) is 10.6. The van der Waals surface area contributed by atoms with E-state index in [-0.39, 0.29) is 97.6 Å². The number of Topliss-reactive ketones (excluding diaryl/α,β-unsaturated/α-hetero) is 2. The highest BCUT2D eigenvalue weighted by Crippen LogP contribution is 2.44. The van der Waals surface area contributed by atoms with Crippen LogP contribution in [0.5, 0.6) is 34.5 Å².